The van der Waals surface area contributed by atoms with Gasteiger partial charge in [-0.1, -0.05) is 0 Å². The Morgan fingerprint density at radius 2 is 1.96 bits per heavy atom. The van der Waals surface area contributed by atoms with Gasteiger partial charge in [0, 0.05) is 37.3 Å². The minimum absolute atomic E-state index is 0.207. The number of hydrogen-bond donors (Lipinski definition) is 2. The third kappa shape index (κ3) is 5.84. The van der Waals surface area contributed by atoms with Gasteiger partial charge in [0.1, 0.15) is 6.04 Å². The van der Waals surface area contributed by atoms with E-state index in [2.05, 4.69) is 10.4 Å². The normalized spacial score (nSPS) is 15.5. The first-order valence-corrected chi connectivity index (χ1v) is 8.75. The molecule has 2 rings (SSSR count). The summed E-state index contributed by atoms with van der Waals surface area (Å²) in [5.41, 5.74) is 2.05. The summed E-state index contributed by atoms with van der Waals surface area (Å²) in [5, 5.41) is 18.2. The molecule has 0 bridgehead atoms. The first kappa shape index (κ1) is 19.9. The van der Waals surface area contributed by atoms with E-state index in [1.54, 1.807) is 12.1 Å². The number of carbonyl (C=O) groups is 2. The smallest absolute Gasteiger partial charge is 0.326 e. The number of carboxylic acids is 1. The number of carbonyl (C=O) groups excluding carboxylic acids is 1. The lowest BCUT2D eigenvalue weighted by Crippen LogP contribution is -2.42. The zero-order valence-corrected chi connectivity index (χ0v) is 15.8. The average Bonchev–Trinajstić information content (AvgIpc) is 2.99. The number of benzene rings is 1. The number of carboxylic acid groups (broad SMARTS) is 1. The van der Waals surface area contributed by atoms with Gasteiger partial charge in [0.05, 0.1) is 11.3 Å². The van der Waals surface area contributed by atoms with E-state index in [9.17, 15) is 14.7 Å². The number of anilines is 1. The van der Waals surface area contributed by atoms with Crippen LogP contribution in [0.4, 0.5) is 5.69 Å². The highest BCUT2D eigenvalue weighted by molar-refractivity contribution is 5.97. The third-order valence-electron chi connectivity index (χ3n) is 3.95. The summed E-state index contributed by atoms with van der Waals surface area (Å²) >= 11 is 0. The van der Waals surface area contributed by atoms with Crippen molar-refractivity contribution in [2.45, 2.75) is 52.2 Å². The van der Waals surface area contributed by atoms with Crippen LogP contribution in [-0.4, -0.2) is 47.5 Å². The summed E-state index contributed by atoms with van der Waals surface area (Å²) < 4.78 is 5.55. The molecule has 0 saturated heterocycles. The van der Waals surface area contributed by atoms with E-state index in [-0.39, 0.29) is 18.6 Å². The van der Waals surface area contributed by atoms with Crippen molar-refractivity contribution >= 4 is 23.3 Å². The van der Waals surface area contributed by atoms with Gasteiger partial charge >= 0.3 is 5.97 Å². The summed E-state index contributed by atoms with van der Waals surface area (Å²) in [6.07, 6.45) is 1.14. The molecule has 0 aliphatic carbocycles. The highest BCUT2D eigenvalue weighted by Gasteiger charge is 2.22. The average molecular weight is 361 g/mol. The van der Waals surface area contributed by atoms with Crippen molar-refractivity contribution in [3.63, 3.8) is 0 Å². The second-order valence-corrected chi connectivity index (χ2v) is 7.37. The van der Waals surface area contributed by atoms with Crippen LogP contribution in [0.3, 0.4) is 0 Å². The summed E-state index contributed by atoms with van der Waals surface area (Å²) in [5.74, 6) is -1.49. The standard InChI is InChI=1S/C19H27N3O4/c1-13-9-11-22(21-13)15-7-5-14(6-8-15)17(23)20-16(18(24)25)10-12-26-19(2,3)4/h5-8,16H,9-12H2,1-4H3,(H,20,23)(H,24,25). The Bertz CT molecular complexity index is 677. The van der Waals surface area contributed by atoms with Crippen LogP contribution in [0.25, 0.3) is 0 Å². The van der Waals surface area contributed by atoms with Crippen molar-refractivity contribution < 1.29 is 19.4 Å². The summed E-state index contributed by atoms with van der Waals surface area (Å²) in [4.78, 5) is 23.7. The van der Waals surface area contributed by atoms with Crippen LogP contribution >= 0.6 is 0 Å². The van der Waals surface area contributed by atoms with E-state index in [4.69, 9.17) is 4.74 Å². The fraction of sp³-hybridized carbons (Fsp3) is 0.526. The van der Waals surface area contributed by atoms with Gasteiger partial charge < -0.3 is 15.2 Å². The Labute approximate surface area is 154 Å². The van der Waals surface area contributed by atoms with E-state index < -0.39 is 17.9 Å². The van der Waals surface area contributed by atoms with Crippen LogP contribution in [0.2, 0.25) is 0 Å². The molecular weight excluding hydrogens is 334 g/mol. The molecule has 142 valence electrons. The van der Waals surface area contributed by atoms with E-state index in [0.717, 1.165) is 24.4 Å². The Hall–Kier alpha value is -2.41. The molecule has 0 saturated carbocycles. The Balaban J connectivity index is 1.95. The molecule has 1 amide bonds. The van der Waals surface area contributed by atoms with Crippen molar-refractivity contribution in [1.82, 2.24) is 5.32 Å². The van der Waals surface area contributed by atoms with E-state index in [1.165, 1.54) is 0 Å². The largest absolute Gasteiger partial charge is 0.480 e. The lowest BCUT2D eigenvalue weighted by molar-refractivity contribution is -0.140. The highest BCUT2D eigenvalue weighted by Crippen LogP contribution is 2.20. The maximum Gasteiger partial charge on any atom is 0.326 e. The third-order valence-corrected chi connectivity index (χ3v) is 3.95. The minimum atomic E-state index is -1.07. The van der Waals surface area contributed by atoms with Crippen molar-refractivity contribution in [2.24, 2.45) is 5.10 Å². The van der Waals surface area contributed by atoms with Gasteiger partial charge in [-0.15, -0.1) is 0 Å². The molecule has 1 aromatic rings. The second kappa shape index (κ2) is 8.31. The SMILES string of the molecule is CC1=NN(c2ccc(C(=O)NC(CCOC(C)(C)C)C(=O)O)cc2)CC1. The van der Waals surface area contributed by atoms with Crippen LogP contribution < -0.4 is 10.3 Å². The van der Waals surface area contributed by atoms with E-state index in [1.807, 2.05) is 44.8 Å². The fourth-order valence-corrected chi connectivity index (χ4v) is 2.53. The van der Waals surface area contributed by atoms with Gasteiger partial charge in [0.25, 0.3) is 5.91 Å². The fourth-order valence-electron chi connectivity index (χ4n) is 2.53. The summed E-state index contributed by atoms with van der Waals surface area (Å²) in [6, 6.07) is 6.00. The zero-order chi connectivity index (χ0) is 19.3. The van der Waals surface area contributed by atoms with Crippen LogP contribution in [0.15, 0.2) is 29.4 Å². The van der Waals surface area contributed by atoms with Gasteiger partial charge in [0.2, 0.25) is 0 Å². The van der Waals surface area contributed by atoms with E-state index >= 15 is 0 Å². The maximum absolute atomic E-state index is 12.3. The number of nitrogens with zero attached hydrogens (tertiary/aromatic N) is 2. The predicted octanol–water partition coefficient (Wildman–Crippen LogP) is 2.66. The van der Waals surface area contributed by atoms with Crippen molar-refractivity contribution in [3.8, 4) is 0 Å². The molecule has 0 spiro atoms. The molecule has 0 aromatic heterocycles. The first-order chi connectivity index (χ1) is 12.2. The molecule has 1 unspecified atom stereocenters. The lowest BCUT2D eigenvalue weighted by atomic mass is 10.1. The molecule has 1 atom stereocenters. The Kier molecular flexibility index (Phi) is 6.37. The maximum atomic E-state index is 12.3. The number of hydrazone groups is 1. The van der Waals surface area contributed by atoms with E-state index in [0.29, 0.717) is 5.56 Å². The van der Waals surface area contributed by atoms with Crippen molar-refractivity contribution in [1.29, 1.82) is 0 Å². The molecule has 26 heavy (non-hydrogen) atoms. The van der Waals surface area contributed by atoms with Gasteiger partial charge in [0.15, 0.2) is 0 Å². The van der Waals surface area contributed by atoms with Crippen LogP contribution in [0, 0.1) is 0 Å². The number of ether oxygens (including phenoxy) is 1. The Morgan fingerprint density at radius 3 is 2.46 bits per heavy atom. The summed E-state index contributed by atoms with van der Waals surface area (Å²) in [7, 11) is 0. The van der Waals surface area contributed by atoms with Crippen molar-refractivity contribution in [2.75, 3.05) is 18.2 Å². The predicted molar refractivity (Wildman–Crippen MR) is 101 cm³/mol. The number of aliphatic carboxylic acids is 1. The van der Waals surface area contributed by atoms with Crippen LogP contribution in [0.1, 0.15) is 50.9 Å². The molecular formula is C19H27N3O4. The van der Waals surface area contributed by atoms with Crippen LogP contribution in [0.5, 0.6) is 0 Å². The molecule has 1 aliphatic heterocycles. The number of rotatable bonds is 7. The highest BCUT2D eigenvalue weighted by atomic mass is 16.5. The quantitative estimate of drug-likeness (QED) is 0.779. The monoisotopic (exact) mass is 361 g/mol. The van der Waals surface area contributed by atoms with Gasteiger partial charge in [-0.25, -0.2) is 4.79 Å². The Morgan fingerprint density at radius 1 is 1.31 bits per heavy atom. The molecule has 1 aromatic carbocycles. The van der Waals surface area contributed by atoms with Gasteiger partial charge in [-0.05, 0) is 52.0 Å². The molecule has 2 N–H and O–H groups in total. The topological polar surface area (TPSA) is 91.2 Å². The minimum Gasteiger partial charge on any atom is -0.480 e. The van der Waals surface area contributed by atoms with Gasteiger partial charge in [-0.2, -0.15) is 5.10 Å². The first-order valence-electron chi connectivity index (χ1n) is 8.75. The van der Waals surface area contributed by atoms with Crippen molar-refractivity contribution in [3.05, 3.63) is 29.8 Å². The molecule has 7 nitrogen and oxygen atoms in total. The molecule has 7 heteroatoms. The number of nitrogens with one attached hydrogen (secondary N) is 1. The summed E-state index contributed by atoms with van der Waals surface area (Å²) in [6.45, 7) is 8.76. The molecule has 0 fully saturated rings. The molecule has 0 radical (unpaired) electrons. The molecule has 1 heterocycles. The zero-order valence-electron chi connectivity index (χ0n) is 15.8. The second-order valence-electron chi connectivity index (χ2n) is 7.37. The molecule has 1 aliphatic rings. The number of amides is 1. The van der Waals surface area contributed by atoms with Crippen LogP contribution in [-0.2, 0) is 9.53 Å². The number of hydrogen-bond acceptors (Lipinski definition) is 5. The lowest BCUT2D eigenvalue weighted by Gasteiger charge is -2.21. The van der Waals surface area contributed by atoms with Gasteiger partial charge in [-0.3, -0.25) is 9.80 Å².